The van der Waals surface area contributed by atoms with Gasteiger partial charge >= 0.3 is 6.09 Å². The molecule has 6 heteroatoms. The second-order valence-corrected chi connectivity index (χ2v) is 6.95. The minimum absolute atomic E-state index is 0.491. The zero-order chi connectivity index (χ0) is 12.3. The number of hydrogen-bond donors (Lipinski definition) is 3. The van der Waals surface area contributed by atoms with Crippen LogP contribution in [0, 0.1) is 0 Å². The number of unbranched alkanes of at least 4 members (excludes halogenated alkanes) is 2. The predicted molar refractivity (Wildman–Crippen MR) is 75.8 cm³/mol. The van der Waals surface area contributed by atoms with Gasteiger partial charge in [-0.2, -0.15) is 0 Å². The Balaban J connectivity index is 1.73. The summed E-state index contributed by atoms with van der Waals surface area (Å²) in [5.41, 5.74) is 0. The minimum Gasteiger partial charge on any atom is -0.465 e. The van der Waals surface area contributed by atoms with Crippen LogP contribution in [0.5, 0.6) is 0 Å². The molecule has 1 fully saturated rings. The van der Waals surface area contributed by atoms with Gasteiger partial charge < -0.3 is 15.7 Å². The Morgan fingerprint density at radius 1 is 1.24 bits per heavy atom. The summed E-state index contributed by atoms with van der Waals surface area (Å²) in [4.78, 5) is 10.2. The third kappa shape index (κ3) is 8.63. The SMILES string of the molecule is O=C(O)NCCNCCCCCC1CCSS1. The topological polar surface area (TPSA) is 61.4 Å². The maximum atomic E-state index is 10.2. The fourth-order valence-corrected chi connectivity index (χ4v) is 4.77. The van der Waals surface area contributed by atoms with E-state index < -0.39 is 6.09 Å². The van der Waals surface area contributed by atoms with Gasteiger partial charge in [-0.05, 0) is 25.8 Å². The van der Waals surface area contributed by atoms with E-state index in [1.807, 2.05) is 10.8 Å². The Hall–Kier alpha value is -0.0700. The summed E-state index contributed by atoms with van der Waals surface area (Å²) in [5, 5.41) is 14.8. The molecule has 1 amide bonds. The Morgan fingerprint density at radius 2 is 2.12 bits per heavy atom. The van der Waals surface area contributed by atoms with Crippen LogP contribution >= 0.6 is 21.6 Å². The van der Waals surface area contributed by atoms with E-state index in [1.165, 1.54) is 37.9 Å². The summed E-state index contributed by atoms with van der Waals surface area (Å²) in [5.74, 6) is 1.33. The summed E-state index contributed by atoms with van der Waals surface area (Å²) in [6, 6.07) is 0. The first kappa shape index (κ1) is 15.0. The number of hydrogen-bond acceptors (Lipinski definition) is 4. The van der Waals surface area contributed by atoms with E-state index in [1.54, 1.807) is 0 Å². The van der Waals surface area contributed by atoms with E-state index in [0.717, 1.165) is 18.3 Å². The predicted octanol–water partition coefficient (Wildman–Crippen LogP) is 2.56. The average Bonchev–Trinajstić information content (AvgIpc) is 2.79. The van der Waals surface area contributed by atoms with Crippen molar-refractivity contribution in [3.63, 3.8) is 0 Å². The summed E-state index contributed by atoms with van der Waals surface area (Å²) in [6.45, 7) is 2.21. The number of rotatable bonds is 9. The lowest BCUT2D eigenvalue weighted by Gasteiger charge is -2.07. The third-order valence-electron chi connectivity index (χ3n) is 2.68. The Kier molecular flexibility index (Phi) is 8.74. The van der Waals surface area contributed by atoms with Gasteiger partial charge in [0.1, 0.15) is 0 Å². The molecule has 0 bridgehead atoms. The van der Waals surface area contributed by atoms with Crippen LogP contribution in [0.2, 0.25) is 0 Å². The van der Waals surface area contributed by atoms with Crippen LogP contribution < -0.4 is 10.6 Å². The molecule has 0 aliphatic carbocycles. The van der Waals surface area contributed by atoms with E-state index >= 15 is 0 Å². The van der Waals surface area contributed by atoms with Gasteiger partial charge in [0.2, 0.25) is 0 Å². The van der Waals surface area contributed by atoms with Crippen molar-refractivity contribution in [1.82, 2.24) is 10.6 Å². The molecule has 0 saturated carbocycles. The highest BCUT2D eigenvalue weighted by molar-refractivity contribution is 8.77. The molecule has 1 unspecified atom stereocenters. The first-order chi connectivity index (χ1) is 8.29. The standard InChI is InChI=1S/C11H22N2O2S2/c14-11(15)13-8-7-12-6-3-1-2-4-10-5-9-16-17-10/h10,12-13H,1-9H2,(H,14,15). The van der Waals surface area contributed by atoms with Crippen LogP contribution in [0.15, 0.2) is 0 Å². The Labute approximate surface area is 111 Å². The van der Waals surface area contributed by atoms with Crippen molar-refractivity contribution in [3.8, 4) is 0 Å². The molecule has 0 aromatic carbocycles. The molecule has 0 radical (unpaired) electrons. The number of amides is 1. The molecule has 1 rings (SSSR count). The highest BCUT2D eigenvalue weighted by atomic mass is 33.1. The van der Waals surface area contributed by atoms with Gasteiger partial charge in [-0.25, -0.2) is 4.79 Å². The lowest BCUT2D eigenvalue weighted by Crippen LogP contribution is -2.31. The fraction of sp³-hybridized carbons (Fsp3) is 0.909. The van der Waals surface area contributed by atoms with Crippen LogP contribution in [-0.4, -0.2) is 41.8 Å². The van der Waals surface area contributed by atoms with Gasteiger partial charge in [0, 0.05) is 24.1 Å². The zero-order valence-corrected chi connectivity index (χ0v) is 11.7. The van der Waals surface area contributed by atoms with Crippen molar-refractivity contribution in [2.75, 3.05) is 25.4 Å². The second kappa shape index (κ2) is 9.91. The van der Waals surface area contributed by atoms with E-state index in [-0.39, 0.29) is 0 Å². The minimum atomic E-state index is -0.946. The number of carboxylic acid groups (broad SMARTS) is 1. The summed E-state index contributed by atoms with van der Waals surface area (Å²) >= 11 is 0. The van der Waals surface area contributed by atoms with E-state index in [9.17, 15) is 4.79 Å². The molecule has 1 aliphatic heterocycles. The Morgan fingerprint density at radius 3 is 2.82 bits per heavy atom. The van der Waals surface area contributed by atoms with Crippen LogP contribution in [0.25, 0.3) is 0 Å². The zero-order valence-electron chi connectivity index (χ0n) is 10.1. The summed E-state index contributed by atoms with van der Waals surface area (Å²) in [7, 11) is 4.07. The molecule has 1 atom stereocenters. The fourth-order valence-electron chi connectivity index (χ4n) is 1.75. The highest BCUT2D eigenvalue weighted by Gasteiger charge is 2.15. The molecular weight excluding hydrogens is 256 g/mol. The monoisotopic (exact) mass is 278 g/mol. The molecule has 1 saturated heterocycles. The molecule has 0 spiro atoms. The van der Waals surface area contributed by atoms with Crippen LogP contribution in [0.4, 0.5) is 4.79 Å². The van der Waals surface area contributed by atoms with Crippen molar-refractivity contribution in [3.05, 3.63) is 0 Å². The summed E-state index contributed by atoms with van der Waals surface area (Å²) < 4.78 is 0. The maximum absolute atomic E-state index is 10.2. The van der Waals surface area contributed by atoms with Crippen LogP contribution in [0.1, 0.15) is 32.1 Å². The second-order valence-electron chi connectivity index (χ2n) is 4.16. The van der Waals surface area contributed by atoms with Crippen molar-refractivity contribution < 1.29 is 9.90 Å². The normalized spacial score (nSPS) is 19.4. The van der Waals surface area contributed by atoms with Gasteiger partial charge in [0.25, 0.3) is 0 Å². The first-order valence-electron chi connectivity index (χ1n) is 6.25. The Bertz CT molecular complexity index is 212. The quantitative estimate of drug-likeness (QED) is 0.447. The molecule has 100 valence electrons. The maximum Gasteiger partial charge on any atom is 0.404 e. The van der Waals surface area contributed by atoms with Gasteiger partial charge in [0.05, 0.1) is 0 Å². The molecule has 4 nitrogen and oxygen atoms in total. The van der Waals surface area contributed by atoms with Gasteiger partial charge in [-0.15, -0.1) is 0 Å². The lowest BCUT2D eigenvalue weighted by atomic mass is 10.1. The molecule has 3 N–H and O–H groups in total. The van der Waals surface area contributed by atoms with Crippen molar-refractivity contribution in [2.45, 2.75) is 37.4 Å². The van der Waals surface area contributed by atoms with E-state index in [2.05, 4.69) is 21.4 Å². The van der Waals surface area contributed by atoms with Crippen LogP contribution in [-0.2, 0) is 0 Å². The molecule has 1 aliphatic rings. The average molecular weight is 278 g/mol. The largest absolute Gasteiger partial charge is 0.465 e. The molecule has 0 aromatic heterocycles. The molecule has 1 heterocycles. The highest BCUT2D eigenvalue weighted by Crippen LogP contribution is 2.39. The third-order valence-corrected chi connectivity index (χ3v) is 5.69. The van der Waals surface area contributed by atoms with E-state index in [4.69, 9.17) is 5.11 Å². The van der Waals surface area contributed by atoms with Crippen molar-refractivity contribution in [2.24, 2.45) is 0 Å². The summed E-state index contributed by atoms with van der Waals surface area (Å²) in [6.07, 6.45) is 5.59. The van der Waals surface area contributed by atoms with Gasteiger partial charge in [0.15, 0.2) is 0 Å². The molecular formula is C11H22N2O2S2. The first-order valence-corrected chi connectivity index (χ1v) is 8.63. The van der Waals surface area contributed by atoms with Crippen LogP contribution in [0.3, 0.4) is 0 Å². The van der Waals surface area contributed by atoms with E-state index in [0.29, 0.717) is 6.54 Å². The lowest BCUT2D eigenvalue weighted by molar-refractivity contribution is 0.194. The van der Waals surface area contributed by atoms with Crippen molar-refractivity contribution >= 4 is 27.7 Å². The smallest absolute Gasteiger partial charge is 0.404 e. The van der Waals surface area contributed by atoms with Gasteiger partial charge in [-0.1, -0.05) is 34.4 Å². The molecule has 17 heavy (non-hydrogen) atoms. The number of carbonyl (C=O) groups is 1. The number of nitrogens with one attached hydrogen (secondary N) is 2. The van der Waals surface area contributed by atoms with Crippen molar-refractivity contribution in [1.29, 1.82) is 0 Å². The molecule has 0 aromatic rings. The van der Waals surface area contributed by atoms with Gasteiger partial charge in [-0.3, -0.25) is 0 Å².